The topological polar surface area (TPSA) is 53.5 Å². The van der Waals surface area contributed by atoms with Gasteiger partial charge < -0.3 is 9.80 Å². The molecule has 1 spiro atoms. The number of hydrogen-bond acceptors (Lipinski definition) is 3. The number of nitrogens with zero attached hydrogens (tertiary/aromatic N) is 3. The number of halogens is 4. The summed E-state index contributed by atoms with van der Waals surface area (Å²) >= 11 is 11.9. The van der Waals surface area contributed by atoms with Crippen LogP contribution in [0.5, 0.6) is 0 Å². The second kappa shape index (κ2) is 8.36. The lowest BCUT2D eigenvalue weighted by Crippen LogP contribution is -2.45. The fraction of sp³-hybridized carbons (Fsp3) is 0.409. The van der Waals surface area contributed by atoms with Crippen LogP contribution >= 0.6 is 23.2 Å². The first-order valence-electron chi connectivity index (χ1n) is 10.1. The normalized spacial score (nSPS) is 18.0. The van der Waals surface area contributed by atoms with Gasteiger partial charge in [0.1, 0.15) is 27.5 Å². The van der Waals surface area contributed by atoms with Crippen molar-refractivity contribution in [2.45, 2.75) is 26.2 Å². The zero-order valence-electron chi connectivity index (χ0n) is 16.9. The van der Waals surface area contributed by atoms with Gasteiger partial charge in [-0.05, 0) is 55.4 Å². The van der Waals surface area contributed by atoms with Crippen LogP contribution in [0.1, 0.15) is 45.5 Å². The number of carbonyl (C=O) groups excluding carboxylic acids is 2. The zero-order valence-corrected chi connectivity index (χ0v) is 18.4. The van der Waals surface area contributed by atoms with Crippen molar-refractivity contribution in [3.8, 4) is 0 Å². The predicted molar refractivity (Wildman–Crippen MR) is 113 cm³/mol. The smallest absolute Gasteiger partial charge is 0.259 e. The summed E-state index contributed by atoms with van der Waals surface area (Å²) in [5.41, 5.74) is -0.0775. The number of hydrogen-bond donors (Lipinski definition) is 0. The molecule has 2 aliphatic heterocycles. The third-order valence-corrected chi connectivity index (χ3v) is 6.88. The fourth-order valence-electron chi connectivity index (χ4n) is 4.45. The molecule has 0 radical (unpaired) electrons. The number of benzene rings is 1. The molecule has 3 heterocycles. The Bertz CT molecular complexity index is 1060. The molecule has 5 nitrogen and oxygen atoms in total. The highest BCUT2D eigenvalue weighted by atomic mass is 35.5. The van der Waals surface area contributed by atoms with Crippen LogP contribution in [0.25, 0.3) is 0 Å². The van der Waals surface area contributed by atoms with Crippen LogP contribution in [0.2, 0.25) is 10.3 Å². The van der Waals surface area contributed by atoms with Crippen molar-refractivity contribution in [3.05, 3.63) is 62.9 Å². The van der Waals surface area contributed by atoms with Crippen LogP contribution in [-0.4, -0.2) is 52.8 Å². The monoisotopic (exact) mass is 467 g/mol. The minimum Gasteiger partial charge on any atom is -0.338 e. The molecular weight excluding hydrogens is 447 g/mol. The van der Waals surface area contributed by atoms with Crippen molar-refractivity contribution in [2.24, 2.45) is 5.41 Å². The number of amides is 2. The highest BCUT2D eigenvalue weighted by Crippen LogP contribution is 2.41. The minimum atomic E-state index is -0.848. The van der Waals surface area contributed by atoms with Gasteiger partial charge >= 0.3 is 0 Å². The molecule has 0 N–H and O–H groups in total. The van der Waals surface area contributed by atoms with Gasteiger partial charge in [-0.25, -0.2) is 13.8 Å². The highest BCUT2D eigenvalue weighted by molar-refractivity contribution is 6.34. The summed E-state index contributed by atoms with van der Waals surface area (Å²) in [6.07, 6.45) is 2.11. The summed E-state index contributed by atoms with van der Waals surface area (Å²) in [7, 11) is 0. The van der Waals surface area contributed by atoms with Gasteiger partial charge in [0.15, 0.2) is 0 Å². The Morgan fingerprint density at radius 2 is 1.61 bits per heavy atom. The molecule has 2 aromatic rings. The third-order valence-electron chi connectivity index (χ3n) is 6.38. The molecule has 2 saturated heterocycles. The van der Waals surface area contributed by atoms with Crippen molar-refractivity contribution in [2.75, 3.05) is 26.2 Å². The van der Waals surface area contributed by atoms with E-state index in [0.717, 1.165) is 12.5 Å². The number of carbonyl (C=O) groups is 2. The van der Waals surface area contributed by atoms with Gasteiger partial charge in [-0.15, -0.1) is 0 Å². The van der Waals surface area contributed by atoms with E-state index in [1.807, 2.05) is 0 Å². The van der Waals surface area contributed by atoms with E-state index in [-0.39, 0.29) is 27.2 Å². The van der Waals surface area contributed by atoms with Crippen molar-refractivity contribution in [1.29, 1.82) is 0 Å². The van der Waals surface area contributed by atoms with Gasteiger partial charge in [0.25, 0.3) is 11.8 Å². The number of rotatable bonds is 2. The van der Waals surface area contributed by atoms with Crippen molar-refractivity contribution < 1.29 is 18.4 Å². The molecule has 9 heteroatoms. The van der Waals surface area contributed by atoms with Crippen LogP contribution in [-0.2, 0) is 0 Å². The molecule has 1 aromatic carbocycles. The Hall–Kier alpha value is -2.25. The lowest BCUT2D eigenvalue weighted by molar-refractivity contribution is 0.0557. The quantitative estimate of drug-likeness (QED) is 0.599. The largest absolute Gasteiger partial charge is 0.338 e. The SMILES string of the molecule is Cc1ccc(F)c(C(=O)N2CCC3(CCN(C(=O)c4ccc(Cl)nc4Cl)C3)CC2)c1F. The maximum Gasteiger partial charge on any atom is 0.259 e. The van der Waals surface area contributed by atoms with Crippen LogP contribution in [0.3, 0.4) is 0 Å². The fourth-order valence-corrected chi connectivity index (χ4v) is 4.88. The molecule has 4 rings (SSSR count). The molecule has 0 saturated carbocycles. The van der Waals surface area contributed by atoms with Crippen LogP contribution in [0.15, 0.2) is 24.3 Å². The molecule has 0 aliphatic carbocycles. The average molecular weight is 468 g/mol. The van der Waals surface area contributed by atoms with E-state index in [1.54, 1.807) is 11.0 Å². The van der Waals surface area contributed by atoms with Gasteiger partial charge in [-0.1, -0.05) is 29.3 Å². The first-order valence-corrected chi connectivity index (χ1v) is 10.8. The zero-order chi connectivity index (χ0) is 22.3. The van der Waals surface area contributed by atoms with Crippen molar-refractivity contribution in [3.63, 3.8) is 0 Å². The number of piperidine rings is 1. The second-order valence-corrected chi connectivity index (χ2v) is 9.04. The van der Waals surface area contributed by atoms with Crippen LogP contribution in [0, 0.1) is 24.0 Å². The Kier molecular flexibility index (Phi) is 5.92. The maximum atomic E-state index is 14.4. The molecule has 1 aromatic heterocycles. The molecule has 2 fully saturated rings. The first-order chi connectivity index (χ1) is 14.7. The summed E-state index contributed by atoms with van der Waals surface area (Å²) in [6, 6.07) is 5.53. The predicted octanol–water partition coefficient (Wildman–Crippen LogP) is 4.74. The molecule has 164 valence electrons. The van der Waals surface area contributed by atoms with Gasteiger partial charge in [-0.3, -0.25) is 9.59 Å². The highest BCUT2D eigenvalue weighted by Gasteiger charge is 2.43. The van der Waals surface area contributed by atoms with E-state index in [2.05, 4.69) is 4.98 Å². The lowest BCUT2D eigenvalue weighted by atomic mass is 9.77. The Labute approximate surface area is 188 Å². The van der Waals surface area contributed by atoms with E-state index in [0.29, 0.717) is 44.6 Å². The molecule has 2 amide bonds. The Morgan fingerprint density at radius 3 is 2.26 bits per heavy atom. The molecular formula is C22H21Cl2F2N3O2. The summed E-state index contributed by atoms with van der Waals surface area (Å²) in [4.78, 5) is 32.8. The van der Waals surface area contributed by atoms with Gasteiger partial charge in [0.05, 0.1) is 5.56 Å². The van der Waals surface area contributed by atoms with E-state index in [9.17, 15) is 18.4 Å². The van der Waals surface area contributed by atoms with Crippen molar-refractivity contribution in [1.82, 2.24) is 14.8 Å². The molecule has 2 aliphatic rings. The second-order valence-electron chi connectivity index (χ2n) is 8.29. The number of pyridine rings is 1. The maximum absolute atomic E-state index is 14.4. The van der Waals surface area contributed by atoms with E-state index in [1.165, 1.54) is 24.0 Å². The minimum absolute atomic E-state index is 0.0704. The summed E-state index contributed by atoms with van der Waals surface area (Å²) < 4.78 is 28.5. The molecule has 0 bridgehead atoms. The number of aryl methyl sites for hydroxylation is 1. The Morgan fingerprint density at radius 1 is 0.968 bits per heavy atom. The average Bonchev–Trinajstić information content (AvgIpc) is 3.14. The third kappa shape index (κ3) is 4.13. The molecule has 0 unspecified atom stereocenters. The van der Waals surface area contributed by atoms with Crippen molar-refractivity contribution >= 4 is 35.0 Å². The van der Waals surface area contributed by atoms with Crippen LogP contribution < -0.4 is 0 Å². The van der Waals surface area contributed by atoms with Gasteiger partial charge in [0, 0.05) is 26.2 Å². The number of likely N-dealkylation sites (tertiary alicyclic amines) is 2. The lowest BCUT2D eigenvalue weighted by Gasteiger charge is -2.39. The summed E-state index contributed by atoms with van der Waals surface area (Å²) in [6.45, 7) is 3.39. The molecule has 0 atom stereocenters. The van der Waals surface area contributed by atoms with Gasteiger partial charge in [0.2, 0.25) is 0 Å². The standard InChI is InChI=1S/C22H21Cl2F2N3O2/c1-13-2-4-15(25)17(18(13)26)21(31)28-9-6-22(7-10-28)8-11-29(12-22)20(30)14-3-5-16(23)27-19(14)24/h2-5H,6-12H2,1H3. The van der Waals surface area contributed by atoms with Crippen LogP contribution in [0.4, 0.5) is 8.78 Å². The summed E-state index contributed by atoms with van der Waals surface area (Å²) in [5, 5.41) is 0.291. The van der Waals surface area contributed by atoms with E-state index in [4.69, 9.17) is 23.2 Å². The molecule has 31 heavy (non-hydrogen) atoms. The summed E-state index contributed by atoms with van der Waals surface area (Å²) in [5.74, 6) is -2.48. The van der Waals surface area contributed by atoms with E-state index < -0.39 is 23.1 Å². The Balaban J connectivity index is 1.43. The van der Waals surface area contributed by atoms with Gasteiger partial charge in [-0.2, -0.15) is 0 Å². The van der Waals surface area contributed by atoms with E-state index >= 15 is 0 Å². The first kappa shape index (κ1) is 22.0. The number of aromatic nitrogens is 1.